The number of carbonyl (C=O) groups is 1. The van der Waals surface area contributed by atoms with Crippen LogP contribution in [0.1, 0.15) is 48.4 Å². The Bertz CT molecular complexity index is 652. The van der Waals surface area contributed by atoms with Gasteiger partial charge < -0.3 is 5.32 Å². The zero-order chi connectivity index (χ0) is 16.2. The van der Waals surface area contributed by atoms with Crippen LogP contribution in [0.2, 0.25) is 0 Å². The first kappa shape index (κ1) is 16.2. The van der Waals surface area contributed by atoms with E-state index in [1.54, 1.807) is 0 Å². The number of benzene rings is 1. The van der Waals surface area contributed by atoms with Crippen molar-refractivity contribution in [1.29, 1.82) is 0 Å². The van der Waals surface area contributed by atoms with Gasteiger partial charge in [0.25, 0.3) is 0 Å². The molecule has 1 amide bonds. The van der Waals surface area contributed by atoms with Gasteiger partial charge in [0, 0.05) is 17.5 Å². The molecule has 0 saturated carbocycles. The minimum Gasteiger partial charge on any atom is -0.348 e. The first-order valence-corrected chi connectivity index (χ1v) is 9.21. The highest BCUT2D eigenvalue weighted by atomic mass is 32.1. The van der Waals surface area contributed by atoms with Crippen LogP contribution in [0.4, 0.5) is 0 Å². The molecule has 0 fully saturated rings. The molecule has 1 aliphatic heterocycles. The van der Waals surface area contributed by atoms with Crippen LogP contribution in [-0.2, 0) is 11.2 Å². The summed E-state index contributed by atoms with van der Waals surface area (Å²) in [4.78, 5) is 16.3. The van der Waals surface area contributed by atoms with Crippen molar-refractivity contribution in [2.75, 3.05) is 13.1 Å². The van der Waals surface area contributed by atoms with Gasteiger partial charge in [-0.3, -0.25) is 9.69 Å². The molecule has 1 aromatic heterocycles. The van der Waals surface area contributed by atoms with E-state index in [1.165, 1.54) is 10.4 Å². The lowest BCUT2D eigenvalue weighted by atomic mass is 9.98. The van der Waals surface area contributed by atoms with Crippen molar-refractivity contribution in [3.63, 3.8) is 0 Å². The first-order valence-electron chi connectivity index (χ1n) is 8.33. The van der Waals surface area contributed by atoms with Crippen molar-refractivity contribution >= 4 is 17.2 Å². The Hall–Kier alpha value is -1.65. The van der Waals surface area contributed by atoms with Gasteiger partial charge in [-0.05, 0) is 42.3 Å². The molecule has 1 aromatic carbocycles. The molecule has 2 heterocycles. The summed E-state index contributed by atoms with van der Waals surface area (Å²) in [6.07, 6.45) is 2.11. The van der Waals surface area contributed by atoms with E-state index in [1.807, 2.05) is 36.5 Å². The van der Waals surface area contributed by atoms with Gasteiger partial charge in [-0.15, -0.1) is 11.3 Å². The summed E-state index contributed by atoms with van der Waals surface area (Å²) in [5.74, 6) is 0.110. The highest BCUT2D eigenvalue weighted by Crippen LogP contribution is 2.34. The fraction of sp³-hybridized carbons (Fsp3) is 0.421. The van der Waals surface area contributed by atoms with Crippen LogP contribution in [0.15, 0.2) is 41.8 Å². The van der Waals surface area contributed by atoms with Gasteiger partial charge in [0.05, 0.1) is 12.6 Å². The van der Waals surface area contributed by atoms with Gasteiger partial charge >= 0.3 is 0 Å². The number of hydrogen-bond donors (Lipinski definition) is 1. The van der Waals surface area contributed by atoms with E-state index in [0.29, 0.717) is 12.6 Å². The van der Waals surface area contributed by atoms with Crippen molar-refractivity contribution < 1.29 is 4.79 Å². The van der Waals surface area contributed by atoms with Crippen molar-refractivity contribution in [2.45, 2.75) is 38.8 Å². The summed E-state index contributed by atoms with van der Waals surface area (Å²) in [5, 5.41) is 5.30. The Morgan fingerprint density at radius 3 is 2.87 bits per heavy atom. The van der Waals surface area contributed by atoms with Crippen LogP contribution >= 0.6 is 11.3 Å². The smallest absolute Gasteiger partial charge is 0.234 e. The zero-order valence-electron chi connectivity index (χ0n) is 13.8. The monoisotopic (exact) mass is 328 g/mol. The lowest BCUT2D eigenvalue weighted by Gasteiger charge is -2.35. The molecule has 3 rings (SSSR count). The Labute approximate surface area is 142 Å². The molecule has 3 nitrogen and oxygen atoms in total. The molecule has 0 saturated heterocycles. The van der Waals surface area contributed by atoms with Crippen LogP contribution in [0.3, 0.4) is 0 Å². The maximum Gasteiger partial charge on any atom is 0.234 e. The number of rotatable bonds is 5. The molecule has 1 aliphatic rings. The summed E-state index contributed by atoms with van der Waals surface area (Å²) in [6, 6.07) is 12.8. The normalized spacial score (nSPS) is 19.1. The highest BCUT2D eigenvalue weighted by molar-refractivity contribution is 7.10. The van der Waals surface area contributed by atoms with Crippen molar-refractivity contribution in [3.05, 3.63) is 57.8 Å². The summed E-state index contributed by atoms with van der Waals surface area (Å²) < 4.78 is 0. The standard InChI is InChI=1S/C19H24N2OS/c1-3-17-16-10-12-23-18(16)9-11-21(17)13-19(22)20-14(2)15-7-5-4-6-8-15/h4-8,10,12,14,17H,3,9,11,13H2,1-2H3,(H,20,22). The molecule has 2 unspecified atom stereocenters. The number of hydrogen-bond acceptors (Lipinski definition) is 3. The number of nitrogens with zero attached hydrogens (tertiary/aromatic N) is 1. The number of fused-ring (bicyclic) bond motifs is 1. The van der Waals surface area contributed by atoms with Gasteiger partial charge in [0.1, 0.15) is 0 Å². The Kier molecular flexibility index (Phi) is 5.13. The quantitative estimate of drug-likeness (QED) is 0.902. The maximum atomic E-state index is 12.5. The molecule has 23 heavy (non-hydrogen) atoms. The summed E-state index contributed by atoms with van der Waals surface area (Å²) in [7, 11) is 0. The Morgan fingerprint density at radius 1 is 1.35 bits per heavy atom. The molecule has 4 heteroatoms. The van der Waals surface area contributed by atoms with E-state index in [-0.39, 0.29) is 11.9 Å². The van der Waals surface area contributed by atoms with Gasteiger partial charge in [0.15, 0.2) is 0 Å². The number of carbonyl (C=O) groups excluding carboxylic acids is 1. The molecule has 2 atom stereocenters. The minimum atomic E-state index is 0.0466. The predicted octanol–water partition coefficient (Wildman–Crippen LogP) is 3.93. The first-order chi connectivity index (χ1) is 11.2. The molecule has 0 spiro atoms. The fourth-order valence-electron chi connectivity index (χ4n) is 3.41. The number of nitrogens with one attached hydrogen (secondary N) is 1. The lowest BCUT2D eigenvalue weighted by molar-refractivity contribution is -0.123. The van der Waals surface area contributed by atoms with Gasteiger partial charge in [0.2, 0.25) is 5.91 Å². The maximum absolute atomic E-state index is 12.5. The van der Waals surface area contributed by atoms with Crippen LogP contribution in [0.5, 0.6) is 0 Å². The Morgan fingerprint density at radius 2 is 2.13 bits per heavy atom. The van der Waals surface area contributed by atoms with Crippen molar-refractivity contribution in [1.82, 2.24) is 10.2 Å². The van der Waals surface area contributed by atoms with Crippen molar-refractivity contribution in [3.8, 4) is 0 Å². The second kappa shape index (κ2) is 7.28. The average Bonchev–Trinajstić information content (AvgIpc) is 3.04. The van der Waals surface area contributed by atoms with Crippen LogP contribution < -0.4 is 5.32 Å². The molecule has 0 radical (unpaired) electrons. The summed E-state index contributed by atoms with van der Waals surface area (Å²) in [6.45, 7) is 5.69. The van der Waals surface area contributed by atoms with E-state index in [2.05, 4.69) is 40.7 Å². The van der Waals surface area contributed by atoms with Crippen LogP contribution in [-0.4, -0.2) is 23.9 Å². The van der Waals surface area contributed by atoms with E-state index in [4.69, 9.17) is 0 Å². The number of thiophene rings is 1. The molecular formula is C19H24N2OS. The van der Waals surface area contributed by atoms with Crippen LogP contribution in [0.25, 0.3) is 0 Å². The second-order valence-electron chi connectivity index (χ2n) is 6.14. The molecule has 1 N–H and O–H groups in total. The molecule has 0 aliphatic carbocycles. The lowest BCUT2D eigenvalue weighted by Crippen LogP contribution is -2.42. The van der Waals surface area contributed by atoms with Gasteiger partial charge in [-0.25, -0.2) is 0 Å². The molecule has 122 valence electrons. The third kappa shape index (κ3) is 3.65. The van der Waals surface area contributed by atoms with Crippen molar-refractivity contribution in [2.24, 2.45) is 0 Å². The second-order valence-corrected chi connectivity index (χ2v) is 7.14. The van der Waals surface area contributed by atoms with Crippen LogP contribution in [0, 0.1) is 0 Å². The van der Waals surface area contributed by atoms with Gasteiger partial charge in [-0.2, -0.15) is 0 Å². The van der Waals surface area contributed by atoms with Gasteiger partial charge in [-0.1, -0.05) is 37.3 Å². The Balaban J connectivity index is 1.62. The van der Waals surface area contributed by atoms with E-state index < -0.39 is 0 Å². The number of amides is 1. The van der Waals surface area contributed by atoms with E-state index >= 15 is 0 Å². The van der Waals surface area contributed by atoms with E-state index in [0.717, 1.165) is 24.9 Å². The fourth-order valence-corrected chi connectivity index (χ4v) is 4.34. The third-order valence-electron chi connectivity index (χ3n) is 4.62. The SMILES string of the molecule is CCC1c2ccsc2CCN1CC(=O)NC(C)c1ccccc1. The molecule has 0 bridgehead atoms. The predicted molar refractivity (Wildman–Crippen MR) is 95.6 cm³/mol. The van der Waals surface area contributed by atoms with E-state index in [9.17, 15) is 4.79 Å². The summed E-state index contributed by atoms with van der Waals surface area (Å²) >= 11 is 1.85. The molecular weight excluding hydrogens is 304 g/mol. The average molecular weight is 328 g/mol. The minimum absolute atomic E-state index is 0.0466. The zero-order valence-corrected chi connectivity index (χ0v) is 14.6. The third-order valence-corrected chi connectivity index (χ3v) is 5.61. The summed E-state index contributed by atoms with van der Waals surface area (Å²) in [5.41, 5.74) is 2.57. The largest absolute Gasteiger partial charge is 0.348 e. The topological polar surface area (TPSA) is 32.3 Å². The highest BCUT2D eigenvalue weighted by Gasteiger charge is 2.28. The molecule has 2 aromatic rings.